The lowest BCUT2D eigenvalue weighted by Crippen LogP contribution is -2.12. The smallest absolute Gasteiger partial charge is 0.306 e. The molecular formula is C17H26O3. The standard InChI is InChI=1S/C17H26O3/c1-12(2)5-3-4-6-14(18)9-7-13-8-10-16-15(13)11-17(19)20-16/h7,9,12-13,15-16H,3-6,8,10-11H2,1-2H3/b9-7+. The van der Waals surface area contributed by atoms with Crippen molar-refractivity contribution >= 4 is 11.8 Å². The van der Waals surface area contributed by atoms with E-state index in [0.29, 0.717) is 24.7 Å². The highest BCUT2D eigenvalue weighted by molar-refractivity contribution is 5.89. The van der Waals surface area contributed by atoms with Crippen LogP contribution in [0.3, 0.4) is 0 Å². The first-order valence-electron chi connectivity index (χ1n) is 7.96. The molecule has 0 bridgehead atoms. The van der Waals surface area contributed by atoms with Crippen LogP contribution in [0.15, 0.2) is 12.2 Å². The van der Waals surface area contributed by atoms with E-state index in [-0.39, 0.29) is 17.9 Å². The second-order valence-corrected chi connectivity index (χ2v) is 6.60. The van der Waals surface area contributed by atoms with Gasteiger partial charge in [-0.3, -0.25) is 9.59 Å². The van der Waals surface area contributed by atoms with Crippen LogP contribution in [0.25, 0.3) is 0 Å². The van der Waals surface area contributed by atoms with Crippen LogP contribution in [-0.4, -0.2) is 17.9 Å². The lowest BCUT2D eigenvalue weighted by atomic mass is 9.92. The summed E-state index contributed by atoms with van der Waals surface area (Å²) in [4.78, 5) is 23.1. The van der Waals surface area contributed by atoms with Crippen LogP contribution < -0.4 is 0 Å². The fourth-order valence-electron chi connectivity index (χ4n) is 3.30. The number of rotatable bonds is 7. The van der Waals surface area contributed by atoms with Crippen LogP contribution in [0, 0.1) is 17.8 Å². The summed E-state index contributed by atoms with van der Waals surface area (Å²) >= 11 is 0. The molecule has 112 valence electrons. The number of allylic oxidation sites excluding steroid dienone is 2. The number of carbonyl (C=O) groups is 2. The van der Waals surface area contributed by atoms with Gasteiger partial charge >= 0.3 is 5.97 Å². The molecule has 1 heterocycles. The van der Waals surface area contributed by atoms with Gasteiger partial charge in [-0.2, -0.15) is 0 Å². The Hall–Kier alpha value is -1.12. The van der Waals surface area contributed by atoms with Crippen LogP contribution >= 0.6 is 0 Å². The van der Waals surface area contributed by atoms with Gasteiger partial charge in [-0.1, -0.05) is 32.8 Å². The van der Waals surface area contributed by atoms with Crippen LogP contribution in [0.1, 0.15) is 58.8 Å². The van der Waals surface area contributed by atoms with Gasteiger partial charge in [0.25, 0.3) is 0 Å². The molecule has 1 saturated carbocycles. The monoisotopic (exact) mass is 278 g/mol. The van der Waals surface area contributed by atoms with Gasteiger partial charge in [-0.25, -0.2) is 0 Å². The minimum Gasteiger partial charge on any atom is -0.462 e. The molecule has 2 rings (SSSR count). The fourth-order valence-corrected chi connectivity index (χ4v) is 3.30. The van der Waals surface area contributed by atoms with Gasteiger partial charge in [-0.05, 0) is 37.2 Å². The molecule has 0 N–H and O–H groups in total. The molecule has 0 spiro atoms. The molecule has 3 heteroatoms. The Kier molecular flexibility index (Phi) is 5.38. The quantitative estimate of drug-likeness (QED) is 0.405. The number of ketones is 1. The maximum atomic E-state index is 11.8. The summed E-state index contributed by atoms with van der Waals surface area (Å²) in [7, 11) is 0. The second-order valence-electron chi connectivity index (χ2n) is 6.60. The summed E-state index contributed by atoms with van der Waals surface area (Å²) < 4.78 is 5.27. The number of fused-ring (bicyclic) bond motifs is 1. The number of hydrogen-bond donors (Lipinski definition) is 0. The van der Waals surface area contributed by atoms with Gasteiger partial charge in [0.15, 0.2) is 5.78 Å². The SMILES string of the molecule is CC(C)CCCCC(=O)/C=C/C1CCC2OC(=O)CC12. The second kappa shape index (κ2) is 7.05. The van der Waals surface area contributed by atoms with Gasteiger partial charge in [0.05, 0.1) is 6.42 Å². The molecule has 0 amide bonds. The summed E-state index contributed by atoms with van der Waals surface area (Å²) in [6.07, 6.45) is 10.4. The molecule has 1 aliphatic heterocycles. The van der Waals surface area contributed by atoms with E-state index in [0.717, 1.165) is 31.6 Å². The predicted molar refractivity (Wildman–Crippen MR) is 78.2 cm³/mol. The van der Waals surface area contributed by atoms with Gasteiger partial charge in [-0.15, -0.1) is 0 Å². The molecule has 20 heavy (non-hydrogen) atoms. The Bertz CT molecular complexity index is 384. The maximum absolute atomic E-state index is 11.8. The topological polar surface area (TPSA) is 43.4 Å². The number of unbranched alkanes of at least 4 members (excludes halogenated alkanes) is 1. The first-order chi connectivity index (χ1) is 9.56. The summed E-state index contributed by atoms with van der Waals surface area (Å²) in [6, 6.07) is 0. The molecular weight excluding hydrogens is 252 g/mol. The largest absolute Gasteiger partial charge is 0.462 e. The Morgan fingerprint density at radius 2 is 2.15 bits per heavy atom. The highest BCUT2D eigenvalue weighted by Crippen LogP contribution is 2.41. The Labute approximate surface area is 121 Å². The highest BCUT2D eigenvalue weighted by atomic mass is 16.5. The van der Waals surface area contributed by atoms with Crippen molar-refractivity contribution in [2.24, 2.45) is 17.8 Å². The molecule has 0 radical (unpaired) electrons. The maximum Gasteiger partial charge on any atom is 0.306 e. The molecule has 0 aromatic heterocycles. The molecule has 1 aliphatic carbocycles. The first kappa shape index (κ1) is 15.3. The number of carbonyl (C=O) groups excluding carboxylic acids is 2. The normalized spacial score (nSPS) is 29.1. The van der Waals surface area contributed by atoms with Gasteiger partial charge in [0.1, 0.15) is 6.10 Å². The van der Waals surface area contributed by atoms with Gasteiger partial charge in [0.2, 0.25) is 0 Å². The Balaban J connectivity index is 1.70. The average Bonchev–Trinajstić information content (AvgIpc) is 2.91. The molecule has 0 aromatic carbocycles. The zero-order chi connectivity index (χ0) is 14.5. The molecule has 3 atom stereocenters. The summed E-state index contributed by atoms with van der Waals surface area (Å²) in [5.41, 5.74) is 0. The molecule has 2 aliphatic rings. The van der Waals surface area contributed by atoms with Crippen molar-refractivity contribution in [3.05, 3.63) is 12.2 Å². The van der Waals surface area contributed by atoms with Crippen molar-refractivity contribution in [3.63, 3.8) is 0 Å². The third-order valence-corrected chi connectivity index (χ3v) is 4.48. The van der Waals surface area contributed by atoms with Crippen molar-refractivity contribution in [1.82, 2.24) is 0 Å². The fraction of sp³-hybridized carbons (Fsp3) is 0.765. The Morgan fingerprint density at radius 3 is 2.90 bits per heavy atom. The molecule has 2 fully saturated rings. The van der Waals surface area contributed by atoms with Crippen molar-refractivity contribution in [2.45, 2.75) is 64.9 Å². The minimum atomic E-state index is -0.0712. The van der Waals surface area contributed by atoms with E-state index in [1.807, 2.05) is 6.08 Å². The van der Waals surface area contributed by atoms with Crippen LogP contribution in [-0.2, 0) is 14.3 Å². The van der Waals surface area contributed by atoms with E-state index in [1.54, 1.807) is 6.08 Å². The van der Waals surface area contributed by atoms with E-state index in [2.05, 4.69) is 13.8 Å². The molecule has 3 nitrogen and oxygen atoms in total. The summed E-state index contributed by atoms with van der Waals surface area (Å²) in [5.74, 6) is 1.54. The number of esters is 1. The van der Waals surface area contributed by atoms with Crippen molar-refractivity contribution < 1.29 is 14.3 Å². The molecule has 1 saturated heterocycles. The van der Waals surface area contributed by atoms with Crippen molar-refractivity contribution in [3.8, 4) is 0 Å². The van der Waals surface area contributed by atoms with Crippen molar-refractivity contribution in [2.75, 3.05) is 0 Å². The number of ether oxygens (including phenoxy) is 1. The van der Waals surface area contributed by atoms with Gasteiger partial charge in [0, 0.05) is 12.3 Å². The summed E-state index contributed by atoms with van der Waals surface area (Å²) in [6.45, 7) is 4.42. The van der Waals surface area contributed by atoms with E-state index < -0.39 is 0 Å². The van der Waals surface area contributed by atoms with Crippen LogP contribution in [0.4, 0.5) is 0 Å². The van der Waals surface area contributed by atoms with E-state index in [1.165, 1.54) is 6.42 Å². The van der Waals surface area contributed by atoms with Crippen molar-refractivity contribution in [1.29, 1.82) is 0 Å². The lowest BCUT2D eigenvalue weighted by Gasteiger charge is -2.11. The van der Waals surface area contributed by atoms with E-state index in [4.69, 9.17) is 4.74 Å². The van der Waals surface area contributed by atoms with Crippen LogP contribution in [0.2, 0.25) is 0 Å². The zero-order valence-corrected chi connectivity index (χ0v) is 12.6. The third kappa shape index (κ3) is 4.19. The first-order valence-corrected chi connectivity index (χ1v) is 7.96. The molecule has 3 unspecified atom stereocenters. The molecule has 0 aromatic rings. The third-order valence-electron chi connectivity index (χ3n) is 4.48. The predicted octanol–water partition coefficient (Wildman–Crippen LogP) is 3.67. The van der Waals surface area contributed by atoms with E-state index in [9.17, 15) is 9.59 Å². The van der Waals surface area contributed by atoms with Gasteiger partial charge < -0.3 is 4.74 Å². The van der Waals surface area contributed by atoms with E-state index >= 15 is 0 Å². The zero-order valence-electron chi connectivity index (χ0n) is 12.6. The average molecular weight is 278 g/mol. The minimum absolute atomic E-state index is 0.0712. The highest BCUT2D eigenvalue weighted by Gasteiger charge is 2.43. The lowest BCUT2D eigenvalue weighted by molar-refractivity contribution is -0.141. The number of hydrogen-bond acceptors (Lipinski definition) is 3. The Morgan fingerprint density at radius 1 is 1.35 bits per heavy atom. The summed E-state index contributed by atoms with van der Waals surface area (Å²) in [5, 5.41) is 0. The van der Waals surface area contributed by atoms with Crippen LogP contribution in [0.5, 0.6) is 0 Å².